The largest absolute Gasteiger partial charge is 0.313 e. The van der Waals surface area contributed by atoms with E-state index in [1.54, 1.807) is 6.33 Å². The quantitative estimate of drug-likeness (QED) is 0.817. The van der Waals surface area contributed by atoms with Crippen molar-refractivity contribution in [2.45, 2.75) is 40.4 Å². The maximum absolute atomic E-state index is 4.36. The second-order valence-corrected chi connectivity index (χ2v) is 5.08. The van der Waals surface area contributed by atoms with Gasteiger partial charge in [0.25, 0.3) is 0 Å². The molecule has 0 saturated heterocycles. The molecule has 0 unspecified atom stereocenters. The van der Waals surface area contributed by atoms with Gasteiger partial charge in [0, 0.05) is 24.8 Å². The highest BCUT2D eigenvalue weighted by Crippen LogP contribution is 2.04. The highest BCUT2D eigenvalue weighted by Gasteiger charge is 2.07. The summed E-state index contributed by atoms with van der Waals surface area (Å²) < 4.78 is 3.86. The Kier molecular flexibility index (Phi) is 4.68. The average molecular weight is 262 g/mol. The summed E-state index contributed by atoms with van der Waals surface area (Å²) in [6, 6.07) is 0. The zero-order valence-corrected chi connectivity index (χ0v) is 11.9. The number of hydrogen-bond acceptors (Lipinski definition) is 4. The highest BCUT2D eigenvalue weighted by molar-refractivity contribution is 5.04. The molecule has 6 heteroatoms. The van der Waals surface area contributed by atoms with Crippen molar-refractivity contribution >= 4 is 0 Å². The lowest BCUT2D eigenvalue weighted by atomic mass is 10.2. The fraction of sp³-hybridized carbons (Fsp3) is 0.615. The van der Waals surface area contributed by atoms with Gasteiger partial charge in [-0.05, 0) is 12.5 Å². The molecule has 104 valence electrons. The first-order chi connectivity index (χ1) is 9.19. The van der Waals surface area contributed by atoms with Crippen LogP contribution in [0.1, 0.15) is 32.2 Å². The molecular formula is C13H22N6. The van der Waals surface area contributed by atoms with Crippen LogP contribution in [0, 0.1) is 5.92 Å². The lowest BCUT2D eigenvalue weighted by Crippen LogP contribution is -2.13. The van der Waals surface area contributed by atoms with Gasteiger partial charge in [-0.15, -0.1) is 0 Å². The van der Waals surface area contributed by atoms with Crippen LogP contribution in [0.3, 0.4) is 0 Å². The van der Waals surface area contributed by atoms with Crippen molar-refractivity contribution in [2.24, 2.45) is 5.92 Å². The van der Waals surface area contributed by atoms with E-state index < -0.39 is 0 Å². The summed E-state index contributed by atoms with van der Waals surface area (Å²) in [5.74, 6) is 1.51. The van der Waals surface area contributed by atoms with E-state index in [2.05, 4.69) is 47.5 Å². The first-order valence-electron chi connectivity index (χ1n) is 6.77. The van der Waals surface area contributed by atoms with Crippen LogP contribution in [0.5, 0.6) is 0 Å². The Bertz CT molecular complexity index is 499. The molecule has 0 aliphatic carbocycles. The van der Waals surface area contributed by atoms with Gasteiger partial charge in [-0.2, -0.15) is 10.2 Å². The molecule has 1 N–H and O–H groups in total. The number of nitrogens with zero attached hydrogens (tertiary/aromatic N) is 5. The molecule has 2 rings (SSSR count). The van der Waals surface area contributed by atoms with Crippen LogP contribution in [0.15, 0.2) is 18.7 Å². The van der Waals surface area contributed by atoms with E-state index in [1.807, 2.05) is 15.6 Å². The van der Waals surface area contributed by atoms with Crippen LogP contribution in [0.25, 0.3) is 0 Å². The second kappa shape index (κ2) is 6.47. The second-order valence-electron chi connectivity index (χ2n) is 5.08. The standard InChI is InChI=1S/C13H22N6/c1-4-14-5-12-6-16-18(8-12)9-13-15-10-17-19(13)7-11(2)3/h6,8,10-11,14H,4-5,7,9H2,1-3H3. The zero-order chi connectivity index (χ0) is 13.7. The van der Waals surface area contributed by atoms with Gasteiger partial charge in [-0.1, -0.05) is 20.8 Å². The van der Waals surface area contributed by atoms with Crippen molar-refractivity contribution in [1.82, 2.24) is 29.9 Å². The Morgan fingerprint density at radius 3 is 2.89 bits per heavy atom. The maximum atomic E-state index is 4.36. The topological polar surface area (TPSA) is 60.6 Å². The van der Waals surface area contributed by atoms with Crippen LogP contribution < -0.4 is 5.32 Å². The minimum atomic E-state index is 0.558. The van der Waals surface area contributed by atoms with E-state index in [9.17, 15) is 0 Å². The van der Waals surface area contributed by atoms with E-state index in [1.165, 1.54) is 5.56 Å². The van der Waals surface area contributed by atoms with Gasteiger partial charge >= 0.3 is 0 Å². The highest BCUT2D eigenvalue weighted by atomic mass is 15.4. The van der Waals surface area contributed by atoms with E-state index in [-0.39, 0.29) is 0 Å². The van der Waals surface area contributed by atoms with Gasteiger partial charge < -0.3 is 5.32 Å². The van der Waals surface area contributed by atoms with Gasteiger partial charge in [0.1, 0.15) is 18.7 Å². The fourth-order valence-electron chi connectivity index (χ4n) is 1.91. The number of rotatable bonds is 7. The fourth-order valence-corrected chi connectivity index (χ4v) is 1.91. The molecular weight excluding hydrogens is 240 g/mol. The van der Waals surface area contributed by atoms with Gasteiger partial charge in [0.2, 0.25) is 0 Å². The molecule has 2 aromatic heterocycles. The van der Waals surface area contributed by atoms with Crippen LogP contribution >= 0.6 is 0 Å². The molecule has 0 saturated carbocycles. The van der Waals surface area contributed by atoms with E-state index in [4.69, 9.17) is 0 Å². The summed E-state index contributed by atoms with van der Waals surface area (Å²) in [4.78, 5) is 4.31. The Hall–Kier alpha value is -1.69. The van der Waals surface area contributed by atoms with Crippen molar-refractivity contribution in [3.63, 3.8) is 0 Å². The molecule has 0 aliphatic rings. The van der Waals surface area contributed by atoms with Crippen molar-refractivity contribution in [1.29, 1.82) is 0 Å². The lowest BCUT2D eigenvalue weighted by Gasteiger charge is -2.08. The van der Waals surface area contributed by atoms with Crippen molar-refractivity contribution in [3.05, 3.63) is 30.1 Å². The molecule has 2 heterocycles. The predicted octanol–water partition coefficient (Wildman–Crippen LogP) is 1.29. The molecule has 6 nitrogen and oxygen atoms in total. The minimum absolute atomic E-state index is 0.558. The van der Waals surface area contributed by atoms with E-state index in [0.29, 0.717) is 12.5 Å². The summed E-state index contributed by atoms with van der Waals surface area (Å²) >= 11 is 0. The van der Waals surface area contributed by atoms with Gasteiger partial charge in [-0.3, -0.25) is 4.68 Å². The van der Waals surface area contributed by atoms with E-state index in [0.717, 1.165) is 25.5 Å². The average Bonchev–Trinajstić information content (AvgIpc) is 2.97. The maximum Gasteiger partial charge on any atom is 0.148 e. The number of nitrogens with one attached hydrogen (secondary N) is 1. The van der Waals surface area contributed by atoms with Crippen LogP contribution in [0.4, 0.5) is 0 Å². The summed E-state index contributed by atoms with van der Waals surface area (Å²) in [6.45, 7) is 9.82. The number of aromatic nitrogens is 5. The Labute approximate surface area is 113 Å². The Morgan fingerprint density at radius 2 is 2.16 bits per heavy atom. The zero-order valence-electron chi connectivity index (χ0n) is 11.9. The molecule has 0 bridgehead atoms. The van der Waals surface area contributed by atoms with Gasteiger partial charge in [-0.25, -0.2) is 9.67 Å². The van der Waals surface area contributed by atoms with Gasteiger partial charge in [0.05, 0.1) is 6.20 Å². The molecule has 0 atom stereocenters. The third-order valence-electron chi connectivity index (χ3n) is 2.80. The van der Waals surface area contributed by atoms with Gasteiger partial charge in [0.15, 0.2) is 0 Å². The van der Waals surface area contributed by atoms with Crippen molar-refractivity contribution in [3.8, 4) is 0 Å². The smallest absolute Gasteiger partial charge is 0.148 e. The third-order valence-corrected chi connectivity index (χ3v) is 2.80. The first kappa shape index (κ1) is 13.7. The molecule has 0 radical (unpaired) electrons. The Balaban J connectivity index is 2.00. The molecule has 0 spiro atoms. The third kappa shape index (κ3) is 3.89. The SMILES string of the molecule is CCNCc1cnn(Cc2ncnn2CC(C)C)c1. The molecule has 19 heavy (non-hydrogen) atoms. The normalized spacial score (nSPS) is 11.4. The summed E-state index contributed by atoms with van der Waals surface area (Å²) in [5.41, 5.74) is 1.19. The van der Waals surface area contributed by atoms with Crippen LogP contribution in [-0.4, -0.2) is 31.1 Å². The molecule has 0 amide bonds. The van der Waals surface area contributed by atoms with Crippen molar-refractivity contribution < 1.29 is 0 Å². The monoisotopic (exact) mass is 262 g/mol. The Morgan fingerprint density at radius 1 is 1.32 bits per heavy atom. The van der Waals surface area contributed by atoms with E-state index >= 15 is 0 Å². The summed E-state index contributed by atoms with van der Waals surface area (Å²) in [7, 11) is 0. The molecule has 0 aliphatic heterocycles. The summed E-state index contributed by atoms with van der Waals surface area (Å²) in [6.07, 6.45) is 5.56. The minimum Gasteiger partial charge on any atom is -0.313 e. The van der Waals surface area contributed by atoms with Crippen molar-refractivity contribution in [2.75, 3.05) is 6.54 Å². The molecule has 0 fully saturated rings. The first-order valence-corrected chi connectivity index (χ1v) is 6.77. The molecule has 2 aromatic rings. The molecule has 0 aromatic carbocycles. The lowest BCUT2D eigenvalue weighted by molar-refractivity contribution is 0.456. The van der Waals surface area contributed by atoms with Crippen LogP contribution in [-0.2, 0) is 19.6 Å². The predicted molar refractivity (Wildman–Crippen MR) is 73.6 cm³/mol. The number of hydrogen-bond donors (Lipinski definition) is 1. The summed E-state index contributed by atoms with van der Waals surface area (Å²) in [5, 5.41) is 11.9. The van der Waals surface area contributed by atoms with Crippen LogP contribution in [0.2, 0.25) is 0 Å².